The van der Waals surface area contributed by atoms with Crippen LogP contribution in [0, 0.1) is 0 Å². The fourth-order valence-electron chi connectivity index (χ4n) is 1.27. The highest BCUT2D eigenvalue weighted by Crippen LogP contribution is 2.16. The van der Waals surface area contributed by atoms with Gasteiger partial charge >= 0.3 is 0 Å². The zero-order chi connectivity index (χ0) is 8.81. The second-order valence-corrected chi connectivity index (χ2v) is 3.14. The summed E-state index contributed by atoms with van der Waals surface area (Å²) in [5.41, 5.74) is 2.42. The van der Waals surface area contributed by atoms with E-state index in [0.29, 0.717) is 0 Å². The van der Waals surface area contributed by atoms with Gasteiger partial charge in [-0.3, -0.25) is 0 Å². The van der Waals surface area contributed by atoms with Crippen LogP contribution in [0.4, 0.5) is 0 Å². The summed E-state index contributed by atoms with van der Waals surface area (Å²) in [6.45, 7) is 6.26. The largest absolute Gasteiger partial charge is 0.361 e. The number of H-pyrrole nitrogens is 1. The molecule has 1 N–H and O–H groups in total. The van der Waals surface area contributed by atoms with Crippen LogP contribution in [-0.4, -0.2) is 4.98 Å². The van der Waals surface area contributed by atoms with Crippen molar-refractivity contribution >= 4 is 5.57 Å². The number of hydrogen-bond donors (Lipinski definition) is 1. The second kappa shape index (κ2) is 4.81. The summed E-state index contributed by atoms with van der Waals surface area (Å²) in [5.74, 6) is 0. The van der Waals surface area contributed by atoms with Crippen molar-refractivity contribution in [3.05, 3.63) is 30.6 Å². The highest BCUT2D eigenvalue weighted by atomic mass is 14.7. The maximum atomic E-state index is 4.04. The molecule has 0 fully saturated rings. The molecule has 66 valence electrons. The molecule has 1 nitrogen and oxygen atoms in total. The standard InChI is InChI=1S/C11H17N/c1-3-4-5-7-10(2)11-8-6-9-12-11/h6,8-9,12H,2-5,7H2,1H3. The van der Waals surface area contributed by atoms with E-state index >= 15 is 0 Å². The third-order valence-electron chi connectivity index (χ3n) is 2.06. The maximum absolute atomic E-state index is 4.04. The smallest absolute Gasteiger partial charge is 0.0406 e. The van der Waals surface area contributed by atoms with E-state index in [1.807, 2.05) is 12.3 Å². The first-order valence-electron chi connectivity index (χ1n) is 4.66. The summed E-state index contributed by atoms with van der Waals surface area (Å²) in [6, 6.07) is 4.09. The van der Waals surface area contributed by atoms with Gasteiger partial charge in [-0.2, -0.15) is 0 Å². The van der Waals surface area contributed by atoms with E-state index in [1.165, 1.54) is 30.5 Å². The molecule has 0 atom stereocenters. The van der Waals surface area contributed by atoms with Gasteiger partial charge in [0.1, 0.15) is 0 Å². The van der Waals surface area contributed by atoms with Crippen molar-refractivity contribution in [2.75, 3.05) is 0 Å². The van der Waals surface area contributed by atoms with E-state index < -0.39 is 0 Å². The molecule has 1 heterocycles. The molecule has 1 aromatic heterocycles. The predicted molar refractivity (Wildman–Crippen MR) is 54.0 cm³/mol. The van der Waals surface area contributed by atoms with Crippen LogP contribution in [0.2, 0.25) is 0 Å². The Labute approximate surface area is 74.5 Å². The van der Waals surface area contributed by atoms with Gasteiger partial charge in [0.25, 0.3) is 0 Å². The van der Waals surface area contributed by atoms with Gasteiger partial charge < -0.3 is 4.98 Å². The quantitative estimate of drug-likeness (QED) is 0.638. The Hall–Kier alpha value is -0.980. The first kappa shape index (κ1) is 9.11. The van der Waals surface area contributed by atoms with Crippen LogP contribution in [0.5, 0.6) is 0 Å². The summed E-state index contributed by atoms with van der Waals surface area (Å²) in [6.07, 6.45) is 6.90. The van der Waals surface area contributed by atoms with Gasteiger partial charge in [-0.25, -0.2) is 0 Å². The Morgan fingerprint density at radius 2 is 2.33 bits per heavy atom. The lowest BCUT2D eigenvalue weighted by molar-refractivity contribution is 0.735. The number of hydrogen-bond acceptors (Lipinski definition) is 0. The molecule has 1 aromatic rings. The van der Waals surface area contributed by atoms with Gasteiger partial charge in [0.15, 0.2) is 0 Å². The molecule has 1 rings (SSSR count). The van der Waals surface area contributed by atoms with E-state index in [4.69, 9.17) is 0 Å². The Balaban J connectivity index is 2.30. The molecular formula is C11H17N. The van der Waals surface area contributed by atoms with Crippen LogP contribution in [0.3, 0.4) is 0 Å². The van der Waals surface area contributed by atoms with E-state index in [0.717, 1.165) is 6.42 Å². The summed E-state index contributed by atoms with van der Waals surface area (Å²) < 4.78 is 0. The molecule has 0 aromatic carbocycles. The van der Waals surface area contributed by atoms with Crippen molar-refractivity contribution in [1.82, 2.24) is 4.98 Å². The normalized spacial score (nSPS) is 10.1. The van der Waals surface area contributed by atoms with E-state index in [9.17, 15) is 0 Å². The van der Waals surface area contributed by atoms with Crippen molar-refractivity contribution < 1.29 is 0 Å². The third-order valence-corrected chi connectivity index (χ3v) is 2.06. The van der Waals surface area contributed by atoms with Gasteiger partial charge in [-0.1, -0.05) is 26.3 Å². The van der Waals surface area contributed by atoms with Crippen LogP contribution < -0.4 is 0 Å². The molecule has 12 heavy (non-hydrogen) atoms. The average molecular weight is 163 g/mol. The molecule has 0 unspecified atom stereocenters. The van der Waals surface area contributed by atoms with E-state index in [1.54, 1.807) is 0 Å². The molecule has 0 amide bonds. The predicted octanol–water partition coefficient (Wildman–Crippen LogP) is 3.61. The maximum Gasteiger partial charge on any atom is 0.0406 e. The lowest BCUT2D eigenvalue weighted by Crippen LogP contribution is -1.83. The molecule has 0 saturated carbocycles. The molecule has 0 aliphatic heterocycles. The van der Waals surface area contributed by atoms with E-state index in [-0.39, 0.29) is 0 Å². The summed E-state index contributed by atoms with van der Waals surface area (Å²) in [7, 11) is 0. The number of unbranched alkanes of at least 4 members (excludes halogenated alkanes) is 2. The van der Waals surface area contributed by atoms with Gasteiger partial charge in [0.2, 0.25) is 0 Å². The SMILES string of the molecule is C=C(CCCCC)c1ccc[nH]1. The lowest BCUT2D eigenvalue weighted by Gasteiger charge is -2.01. The summed E-state index contributed by atoms with van der Waals surface area (Å²) in [5, 5.41) is 0. The molecule has 0 aliphatic rings. The Bertz CT molecular complexity index is 221. The topological polar surface area (TPSA) is 15.8 Å². The number of aromatic nitrogens is 1. The van der Waals surface area contributed by atoms with Gasteiger partial charge in [0, 0.05) is 11.9 Å². The molecule has 0 radical (unpaired) electrons. The van der Waals surface area contributed by atoms with Crippen molar-refractivity contribution in [1.29, 1.82) is 0 Å². The first-order chi connectivity index (χ1) is 5.84. The number of allylic oxidation sites excluding steroid dienone is 1. The van der Waals surface area contributed by atoms with Crippen LogP contribution in [0.1, 0.15) is 38.3 Å². The minimum absolute atomic E-state index is 1.12. The van der Waals surface area contributed by atoms with Crippen LogP contribution in [0.15, 0.2) is 24.9 Å². The van der Waals surface area contributed by atoms with Crippen LogP contribution in [-0.2, 0) is 0 Å². The average Bonchev–Trinajstić information content (AvgIpc) is 2.56. The zero-order valence-electron chi connectivity index (χ0n) is 7.77. The summed E-state index contributed by atoms with van der Waals surface area (Å²) >= 11 is 0. The van der Waals surface area contributed by atoms with Crippen molar-refractivity contribution in [2.45, 2.75) is 32.6 Å². The fraction of sp³-hybridized carbons (Fsp3) is 0.455. The highest BCUT2D eigenvalue weighted by molar-refractivity contribution is 5.59. The Morgan fingerprint density at radius 3 is 2.92 bits per heavy atom. The Kier molecular flexibility index (Phi) is 3.65. The van der Waals surface area contributed by atoms with Crippen molar-refractivity contribution in [3.63, 3.8) is 0 Å². The summed E-state index contributed by atoms with van der Waals surface area (Å²) in [4.78, 5) is 3.16. The van der Waals surface area contributed by atoms with Crippen molar-refractivity contribution in [2.24, 2.45) is 0 Å². The van der Waals surface area contributed by atoms with Crippen molar-refractivity contribution in [3.8, 4) is 0 Å². The fourth-order valence-corrected chi connectivity index (χ4v) is 1.27. The number of rotatable bonds is 5. The van der Waals surface area contributed by atoms with Gasteiger partial charge in [-0.15, -0.1) is 0 Å². The first-order valence-corrected chi connectivity index (χ1v) is 4.66. The second-order valence-electron chi connectivity index (χ2n) is 3.14. The molecule has 1 heteroatoms. The monoisotopic (exact) mass is 163 g/mol. The van der Waals surface area contributed by atoms with Gasteiger partial charge in [0.05, 0.1) is 0 Å². The molecule has 0 spiro atoms. The molecule has 0 bridgehead atoms. The van der Waals surface area contributed by atoms with Gasteiger partial charge in [-0.05, 0) is 30.5 Å². The highest BCUT2D eigenvalue weighted by Gasteiger charge is 1.97. The number of aromatic amines is 1. The molecular weight excluding hydrogens is 146 g/mol. The van der Waals surface area contributed by atoms with Crippen LogP contribution in [0.25, 0.3) is 5.57 Å². The molecule has 0 saturated heterocycles. The van der Waals surface area contributed by atoms with Crippen LogP contribution >= 0.6 is 0 Å². The van der Waals surface area contributed by atoms with E-state index in [2.05, 4.69) is 24.6 Å². The molecule has 0 aliphatic carbocycles. The third kappa shape index (κ3) is 2.57. The Morgan fingerprint density at radius 1 is 1.50 bits per heavy atom. The zero-order valence-corrected chi connectivity index (χ0v) is 7.77. The lowest BCUT2D eigenvalue weighted by atomic mass is 10.1. The minimum Gasteiger partial charge on any atom is -0.361 e. The number of nitrogens with one attached hydrogen (secondary N) is 1. The minimum atomic E-state index is 1.12.